The molecule has 2 bridgehead atoms. The molecule has 2 fully saturated rings. The van der Waals surface area contributed by atoms with Gasteiger partial charge in [-0.1, -0.05) is 12.8 Å². The number of fused-ring (bicyclic) bond motifs is 2. The van der Waals surface area contributed by atoms with Crippen LogP contribution in [0.2, 0.25) is 0 Å². The summed E-state index contributed by atoms with van der Waals surface area (Å²) in [7, 11) is 2.25. The molecule has 0 heterocycles. The van der Waals surface area contributed by atoms with Crippen molar-refractivity contribution < 1.29 is 4.79 Å². The number of carbonyl (C=O) groups is 1. The first-order valence-electron chi connectivity index (χ1n) is 7.87. The monoisotopic (exact) mass is 267 g/mol. The molecule has 2 rings (SSSR count). The van der Waals surface area contributed by atoms with Crippen molar-refractivity contribution in [3.8, 4) is 0 Å². The molecule has 0 aromatic carbocycles. The Morgan fingerprint density at radius 3 is 2.74 bits per heavy atom. The van der Waals surface area contributed by atoms with E-state index in [9.17, 15) is 4.79 Å². The Morgan fingerprint density at radius 1 is 1.26 bits per heavy atom. The normalized spacial score (nSPS) is 29.1. The number of nitrogens with two attached hydrogens (primary N) is 1. The minimum atomic E-state index is -0.0460. The van der Waals surface area contributed by atoms with E-state index in [1.165, 1.54) is 38.6 Å². The average molecular weight is 267 g/mol. The summed E-state index contributed by atoms with van der Waals surface area (Å²) < 4.78 is 0. The van der Waals surface area contributed by atoms with Crippen molar-refractivity contribution in [1.29, 1.82) is 0 Å². The summed E-state index contributed by atoms with van der Waals surface area (Å²) in [5, 5.41) is 0. The number of rotatable bonds is 8. The molecule has 1 amide bonds. The topological polar surface area (TPSA) is 58.4 Å². The largest absolute Gasteiger partial charge is 0.306 e. The van der Waals surface area contributed by atoms with Crippen LogP contribution in [0, 0.1) is 17.8 Å². The summed E-state index contributed by atoms with van der Waals surface area (Å²) in [5.41, 5.74) is 2.18. The lowest BCUT2D eigenvalue weighted by atomic mass is 9.88. The lowest BCUT2D eigenvalue weighted by molar-refractivity contribution is -0.121. The predicted molar refractivity (Wildman–Crippen MR) is 77.2 cm³/mol. The minimum Gasteiger partial charge on any atom is -0.306 e. The van der Waals surface area contributed by atoms with Crippen LogP contribution in [0.1, 0.15) is 51.4 Å². The quantitative estimate of drug-likeness (QED) is 0.306. The number of unbranched alkanes of at least 4 members (excludes halogenated alkanes) is 2. The molecule has 2 aliphatic rings. The van der Waals surface area contributed by atoms with Gasteiger partial charge >= 0.3 is 0 Å². The number of hydrazine groups is 1. The Labute approximate surface area is 117 Å². The summed E-state index contributed by atoms with van der Waals surface area (Å²) in [6.45, 7) is 2.45. The van der Waals surface area contributed by atoms with Crippen LogP contribution in [0.5, 0.6) is 0 Å². The van der Waals surface area contributed by atoms with E-state index in [1.807, 2.05) is 0 Å². The predicted octanol–water partition coefficient (Wildman–Crippen LogP) is 1.90. The third-order valence-corrected chi connectivity index (χ3v) is 5.04. The lowest BCUT2D eigenvalue weighted by Gasteiger charge is -2.27. The van der Waals surface area contributed by atoms with Crippen LogP contribution in [0.3, 0.4) is 0 Å². The van der Waals surface area contributed by atoms with Gasteiger partial charge < -0.3 is 4.90 Å². The van der Waals surface area contributed by atoms with Crippen LogP contribution >= 0.6 is 0 Å². The number of nitrogens with zero attached hydrogens (tertiary/aromatic N) is 1. The van der Waals surface area contributed by atoms with Gasteiger partial charge in [0.05, 0.1) is 0 Å². The van der Waals surface area contributed by atoms with Crippen LogP contribution < -0.4 is 11.3 Å². The average Bonchev–Trinajstić information content (AvgIpc) is 3.00. The first kappa shape index (κ1) is 14.8. The van der Waals surface area contributed by atoms with Crippen molar-refractivity contribution in [3.05, 3.63) is 0 Å². The van der Waals surface area contributed by atoms with Gasteiger partial charge in [0.1, 0.15) is 0 Å². The molecule has 19 heavy (non-hydrogen) atoms. The van der Waals surface area contributed by atoms with Gasteiger partial charge in [-0.05, 0) is 63.5 Å². The van der Waals surface area contributed by atoms with Crippen LogP contribution in [0.15, 0.2) is 0 Å². The highest BCUT2D eigenvalue weighted by molar-refractivity contribution is 5.74. The van der Waals surface area contributed by atoms with Gasteiger partial charge in [0.2, 0.25) is 5.91 Å². The molecular weight excluding hydrogens is 238 g/mol. The van der Waals surface area contributed by atoms with Gasteiger partial charge in [-0.25, -0.2) is 5.84 Å². The van der Waals surface area contributed by atoms with E-state index in [4.69, 9.17) is 5.84 Å². The van der Waals surface area contributed by atoms with E-state index in [1.54, 1.807) is 0 Å². The molecule has 0 aliphatic heterocycles. The zero-order valence-electron chi connectivity index (χ0n) is 12.2. The third kappa shape index (κ3) is 4.46. The standard InChI is InChI=1S/C15H29N3O/c1-18(8-4-2-3-5-15(19)17-16)11-14-10-12-6-7-13(14)9-12/h12-14H,2-11,16H2,1H3,(H,17,19). The van der Waals surface area contributed by atoms with Crippen LogP contribution in [-0.2, 0) is 4.79 Å². The van der Waals surface area contributed by atoms with Crippen molar-refractivity contribution in [2.24, 2.45) is 23.6 Å². The third-order valence-electron chi connectivity index (χ3n) is 5.04. The highest BCUT2D eigenvalue weighted by atomic mass is 16.2. The second-order valence-electron chi connectivity index (χ2n) is 6.58. The van der Waals surface area contributed by atoms with Gasteiger partial charge in [0, 0.05) is 13.0 Å². The first-order valence-corrected chi connectivity index (χ1v) is 7.87. The van der Waals surface area contributed by atoms with Crippen molar-refractivity contribution in [2.75, 3.05) is 20.1 Å². The molecule has 0 spiro atoms. The highest BCUT2D eigenvalue weighted by Gasteiger charge is 2.39. The Bertz CT molecular complexity index is 295. The molecule has 3 atom stereocenters. The lowest BCUT2D eigenvalue weighted by Crippen LogP contribution is -2.30. The molecule has 0 aromatic heterocycles. The zero-order valence-corrected chi connectivity index (χ0v) is 12.2. The fourth-order valence-electron chi connectivity index (χ4n) is 4.01. The second kappa shape index (κ2) is 7.25. The fourth-order valence-corrected chi connectivity index (χ4v) is 4.01. The number of carbonyl (C=O) groups excluding carboxylic acids is 1. The molecule has 4 heteroatoms. The Balaban J connectivity index is 1.50. The maximum Gasteiger partial charge on any atom is 0.233 e. The molecule has 110 valence electrons. The Hall–Kier alpha value is -0.610. The SMILES string of the molecule is CN(CCCCCC(=O)NN)CC1CC2CCC1C2. The summed E-state index contributed by atoms with van der Waals surface area (Å²) in [5.74, 6) is 8.05. The van der Waals surface area contributed by atoms with Gasteiger partial charge in [-0.15, -0.1) is 0 Å². The van der Waals surface area contributed by atoms with Crippen LogP contribution in [0.25, 0.3) is 0 Å². The van der Waals surface area contributed by atoms with E-state index in [2.05, 4.69) is 17.4 Å². The number of nitrogens with one attached hydrogen (secondary N) is 1. The molecule has 0 radical (unpaired) electrons. The number of hydrogen-bond acceptors (Lipinski definition) is 3. The van der Waals surface area contributed by atoms with Gasteiger partial charge in [-0.2, -0.15) is 0 Å². The summed E-state index contributed by atoms with van der Waals surface area (Å²) in [4.78, 5) is 13.5. The Morgan fingerprint density at radius 2 is 2.11 bits per heavy atom. The minimum absolute atomic E-state index is 0.0460. The Kier molecular flexibility index (Phi) is 5.64. The highest BCUT2D eigenvalue weighted by Crippen LogP contribution is 2.48. The molecule has 0 saturated heterocycles. The van der Waals surface area contributed by atoms with Crippen LogP contribution in [0.4, 0.5) is 0 Å². The number of hydrogen-bond donors (Lipinski definition) is 2. The molecule has 3 unspecified atom stereocenters. The van der Waals surface area contributed by atoms with Crippen molar-refractivity contribution in [3.63, 3.8) is 0 Å². The maximum absolute atomic E-state index is 11.0. The second-order valence-corrected chi connectivity index (χ2v) is 6.58. The molecule has 4 nitrogen and oxygen atoms in total. The smallest absolute Gasteiger partial charge is 0.233 e. The van der Waals surface area contributed by atoms with E-state index in [0.29, 0.717) is 6.42 Å². The summed E-state index contributed by atoms with van der Waals surface area (Å²) in [6.07, 6.45) is 9.78. The zero-order chi connectivity index (χ0) is 13.7. The van der Waals surface area contributed by atoms with E-state index in [0.717, 1.165) is 37.1 Å². The van der Waals surface area contributed by atoms with Gasteiger partial charge in [-0.3, -0.25) is 10.2 Å². The molecule has 3 N–H and O–H groups in total. The van der Waals surface area contributed by atoms with Gasteiger partial charge in [0.15, 0.2) is 0 Å². The summed E-state index contributed by atoms with van der Waals surface area (Å²) >= 11 is 0. The molecule has 2 saturated carbocycles. The van der Waals surface area contributed by atoms with E-state index < -0.39 is 0 Å². The fraction of sp³-hybridized carbons (Fsp3) is 0.933. The molecule has 0 aromatic rings. The van der Waals surface area contributed by atoms with E-state index in [-0.39, 0.29) is 5.91 Å². The van der Waals surface area contributed by atoms with Crippen molar-refractivity contribution in [1.82, 2.24) is 10.3 Å². The molecule has 2 aliphatic carbocycles. The maximum atomic E-state index is 11.0. The van der Waals surface area contributed by atoms with Crippen molar-refractivity contribution in [2.45, 2.75) is 51.4 Å². The van der Waals surface area contributed by atoms with E-state index >= 15 is 0 Å². The first-order chi connectivity index (χ1) is 9.19. The molecular formula is C15H29N3O. The van der Waals surface area contributed by atoms with Gasteiger partial charge in [0.25, 0.3) is 0 Å². The van der Waals surface area contributed by atoms with Crippen LogP contribution in [-0.4, -0.2) is 30.9 Å². The van der Waals surface area contributed by atoms with Crippen molar-refractivity contribution >= 4 is 5.91 Å². The summed E-state index contributed by atoms with van der Waals surface area (Å²) in [6, 6.07) is 0. The number of amides is 1.